The van der Waals surface area contributed by atoms with E-state index in [4.69, 9.17) is 4.74 Å². The minimum atomic E-state index is -4.67. The molecule has 0 aliphatic heterocycles. The van der Waals surface area contributed by atoms with Crippen LogP contribution in [0.25, 0.3) is 22.3 Å². The molecule has 0 spiro atoms. The second-order valence-corrected chi connectivity index (χ2v) is 8.68. The number of hydrogen-bond donors (Lipinski definition) is 0. The van der Waals surface area contributed by atoms with Gasteiger partial charge < -0.3 is 4.74 Å². The topological polar surface area (TPSA) is 74.8 Å². The molecule has 0 aliphatic carbocycles. The van der Waals surface area contributed by atoms with Crippen molar-refractivity contribution in [2.45, 2.75) is 39.3 Å². The predicted molar refractivity (Wildman–Crippen MR) is 125 cm³/mol. The van der Waals surface area contributed by atoms with Gasteiger partial charge in [-0.05, 0) is 25.3 Å². The summed E-state index contributed by atoms with van der Waals surface area (Å²) in [7, 11) is 3.36. The Bertz CT molecular complexity index is 1390. The van der Waals surface area contributed by atoms with Crippen LogP contribution >= 0.6 is 0 Å². The number of ketones is 1. The summed E-state index contributed by atoms with van der Waals surface area (Å²) in [6.45, 7) is 5.35. The van der Waals surface area contributed by atoms with Crippen LogP contribution in [0.2, 0.25) is 0 Å². The van der Waals surface area contributed by atoms with Gasteiger partial charge in [0.2, 0.25) is 5.88 Å². The highest BCUT2D eigenvalue weighted by Gasteiger charge is 2.36. The fourth-order valence-corrected chi connectivity index (χ4v) is 4.48. The SMILES string of the molecule is Cc1nn(C)c(C)c1C(C)CC(=O)COc1cc(C(F)(F)F)c2c(-c3ccccc3)nn(C)c2n1. The van der Waals surface area contributed by atoms with Crippen LogP contribution in [0.5, 0.6) is 5.88 Å². The maximum Gasteiger partial charge on any atom is 0.417 e. The molecule has 1 unspecified atom stereocenters. The van der Waals surface area contributed by atoms with E-state index in [1.807, 2.05) is 27.8 Å². The molecule has 0 aliphatic rings. The number of nitrogens with zero attached hydrogens (tertiary/aromatic N) is 5. The summed E-state index contributed by atoms with van der Waals surface area (Å²) in [5.41, 5.74) is 2.64. The lowest BCUT2D eigenvalue weighted by atomic mass is 9.94. The van der Waals surface area contributed by atoms with Crippen LogP contribution < -0.4 is 4.74 Å². The van der Waals surface area contributed by atoms with Crippen molar-refractivity contribution in [2.24, 2.45) is 14.1 Å². The van der Waals surface area contributed by atoms with Crippen molar-refractivity contribution in [3.63, 3.8) is 0 Å². The number of carbonyl (C=O) groups excluding carboxylic acids is 1. The van der Waals surface area contributed by atoms with Gasteiger partial charge in [0.05, 0.1) is 16.6 Å². The molecule has 0 N–H and O–H groups in total. The highest BCUT2D eigenvalue weighted by atomic mass is 19.4. The summed E-state index contributed by atoms with van der Waals surface area (Å²) in [5, 5.41) is 8.55. The molecule has 0 fully saturated rings. The number of ether oxygens (including phenoxy) is 1. The lowest BCUT2D eigenvalue weighted by molar-refractivity contribution is -0.136. The normalized spacial score (nSPS) is 12.8. The van der Waals surface area contributed by atoms with Crippen LogP contribution in [0.3, 0.4) is 0 Å². The number of Topliss-reactive ketones (excluding diaryl/α,β-unsaturated/α-hetero) is 1. The molecule has 0 saturated heterocycles. The van der Waals surface area contributed by atoms with Gasteiger partial charge in [0.1, 0.15) is 12.3 Å². The Kier molecular flexibility index (Phi) is 6.40. The minimum Gasteiger partial charge on any atom is -0.470 e. The number of pyridine rings is 1. The quantitative estimate of drug-likeness (QED) is 0.362. The van der Waals surface area contributed by atoms with Crippen molar-refractivity contribution in [3.05, 3.63) is 58.9 Å². The highest BCUT2D eigenvalue weighted by Crippen LogP contribution is 2.40. The summed E-state index contributed by atoms with van der Waals surface area (Å²) in [5.74, 6) is -0.626. The number of aryl methyl sites for hydroxylation is 3. The number of halogens is 3. The van der Waals surface area contributed by atoms with Crippen molar-refractivity contribution in [3.8, 4) is 17.1 Å². The zero-order chi connectivity index (χ0) is 25.5. The Hall–Kier alpha value is -3.69. The number of carbonyl (C=O) groups is 1. The fraction of sp³-hybridized carbons (Fsp3) is 0.360. The van der Waals surface area contributed by atoms with Crippen LogP contribution in [0.4, 0.5) is 13.2 Å². The number of fused-ring (bicyclic) bond motifs is 1. The van der Waals surface area contributed by atoms with Gasteiger partial charge in [0.25, 0.3) is 0 Å². The zero-order valence-corrected chi connectivity index (χ0v) is 20.1. The van der Waals surface area contributed by atoms with Gasteiger partial charge in [-0.25, -0.2) is 4.68 Å². The summed E-state index contributed by atoms with van der Waals surface area (Å²) in [4.78, 5) is 16.9. The lowest BCUT2D eigenvalue weighted by Gasteiger charge is -2.14. The fourth-order valence-electron chi connectivity index (χ4n) is 4.48. The highest BCUT2D eigenvalue weighted by molar-refractivity contribution is 5.94. The summed E-state index contributed by atoms with van der Waals surface area (Å²) in [6.07, 6.45) is -4.49. The first-order valence-corrected chi connectivity index (χ1v) is 11.1. The third-order valence-electron chi connectivity index (χ3n) is 6.10. The Morgan fingerprint density at radius 2 is 1.77 bits per heavy atom. The third kappa shape index (κ3) is 4.78. The van der Waals surface area contributed by atoms with Crippen LogP contribution in [0, 0.1) is 13.8 Å². The summed E-state index contributed by atoms with van der Waals surface area (Å²) < 4.78 is 50.6. The standard InChI is InChI=1S/C25H26F3N5O2/c1-14(21-15(2)30-32(4)16(21)3)11-18(34)13-35-20-12-19(25(26,27)28)22-23(17-9-7-6-8-10-17)31-33(5)24(22)29-20/h6-10,12,14H,11,13H2,1-5H3. The average molecular weight is 486 g/mol. The first-order valence-electron chi connectivity index (χ1n) is 11.1. The Balaban J connectivity index is 1.60. The molecule has 10 heteroatoms. The summed E-state index contributed by atoms with van der Waals surface area (Å²) >= 11 is 0. The van der Waals surface area contributed by atoms with Crippen molar-refractivity contribution in [1.29, 1.82) is 0 Å². The molecule has 7 nitrogen and oxygen atoms in total. The maximum atomic E-state index is 14.0. The van der Waals surface area contributed by atoms with E-state index in [0.717, 1.165) is 23.0 Å². The second kappa shape index (κ2) is 9.16. The van der Waals surface area contributed by atoms with Gasteiger partial charge >= 0.3 is 6.18 Å². The van der Waals surface area contributed by atoms with E-state index in [1.54, 1.807) is 35.0 Å². The molecule has 3 heterocycles. The van der Waals surface area contributed by atoms with Gasteiger partial charge in [-0.1, -0.05) is 37.3 Å². The van der Waals surface area contributed by atoms with Crippen molar-refractivity contribution < 1.29 is 22.7 Å². The van der Waals surface area contributed by atoms with Crippen molar-refractivity contribution >= 4 is 16.8 Å². The Labute approximate surface area is 200 Å². The largest absolute Gasteiger partial charge is 0.470 e. The van der Waals surface area contributed by atoms with E-state index in [1.165, 1.54) is 11.7 Å². The average Bonchev–Trinajstić information content (AvgIpc) is 3.26. The molecule has 0 bridgehead atoms. The predicted octanol–water partition coefficient (Wildman–Crippen LogP) is 5.15. The van der Waals surface area contributed by atoms with E-state index >= 15 is 0 Å². The smallest absolute Gasteiger partial charge is 0.417 e. The van der Waals surface area contributed by atoms with Crippen molar-refractivity contribution in [2.75, 3.05) is 6.61 Å². The van der Waals surface area contributed by atoms with E-state index < -0.39 is 11.7 Å². The molecule has 4 aromatic rings. The molecule has 4 rings (SSSR count). The zero-order valence-electron chi connectivity index (χ0n) is 20.1. The van der Waals surface area contributed by atoms with Gasteiger partial charge in [0, 0.05) is 37.8 Å². The van der Waals surface area contributed by atoms with Crippen LogP contribution in [-0.4, -0.2) is 36.9 Å². The molecule has 184 valence electrons. The van der Waals surface area contributed by atoms with E-state index in [9.17, 15) is 18.0 Å². The first kappa shape index (κ1) is 24.4. The third-order valence-corrected chi connectivity index (χ3v) is 6.10. The Morgan fingerprint density at radius 1 is 1.09 bits per heavy atom. The molecular weight excluding hydrogens is 459 g/mol. The molecule has 1 atom stereocenters. The number of alkyl halides is 3. The first-order chi connectivity index (χ1) is 16.5. The number of hydrogen-bond acceptors (Lipinski definition) is 5. The molecule has 1 aromatic carbocycles. The van der Waals surface area contributed by atoms with E-state index in [2.05, 4.69) is 15.2 Å². The molecule has 3 aromatic heterocycles. The monoisotopic (exact) mass is 485 g/mol. The van der Waals surface area contributed by atoms with Gasteiger partial charge in [-0.3, -0.25) is 9.48 Å². The maximum absolute atomic E-state index is 14.0. The number of aromatic nitrogens is 5. The van der Waals surface area contributed by atoms with Crippen LogP contribution in [0.1, 0.15) is 41.8 Å². The summed E-state index contributed by atoms with van der Waals surface area (Å²) in [6, 6.07) is 9.46. The van der Waals surface area contributed by atoms with Gasteiger partial charge in [-0.15, -0.1) is 0 Å². The van der Waals surface area contributed by atoms with E-state index in [-0.39, 0.29) is 47.3 Å². The van der Waals surface area contributed by atoms with Crippen molar-refractivity contribution in [1.82, 2.24) is 24.5 Å². The van der Waals surface area contributed by atoms with Crippen LogP contribution in [0.15, 0.2) is 36.4 Å². The van der Waals surface area contributed by atoms with E-state index in [0.29, 0.717) is 5.56 Å². The molecule has 0 amide bonds. The molecule has 0 radical (unpaired) electrons. The lowest BCUT2D eigenvalue weighted by Crippen LogP contribution is -2.16. The molecular formula is C25H26F3N5O2. The second-order valence-electron chi connectivity index (χ2n) is 8.68. The number of rotatable bonds is 7. The Morgan fingerprint density at radius 3 is 2.37 bits per heavy atom. The minimum absolute atomic E-state index is 0.0242. The van der Waals surface area contributed by atoms with Crippen LogP contribution in [-0.2, 0) is 25.1 Å². The van der Waals surface area contributed by atoms with Gasteiger partial charge in [0.15, 0.2) is 11.4 Å². The van der Waals surface area contributed by atoms with Gasteiger partial charge in [-0.2, -0.15) is 28.4 Å². The molecule has 35 heavy (non-hydrogen) atoms. The molecule has 0 saturated carbocycles. The number of benzene rings is 1.